The fraction of sp³-hybridized carbons (Fsp3) is 0.133. The molecule has 3 aromatic rings. The van der Waals surface area contributed by atoms with Gasteiger partial charge < -0.3 is 5.11 Å². The second-order valence-corrected chi connectivity index (χ2v) is 5.80. The number of nitrogens with zero attached hydrogens (tertiary/aromatic N) is 5. The highest BCUT2D eigenvalue weighted by atomic mass is 32.1. The Bertz CT molecular complexity index is 883. The summed E-state index contributed by atoms with van der Waals surface area (Å²) in [5.74, 6) is -0.962. The van der Waals surface area contributed by atoms with Gasteiger partial charge in [-0.25, -0.2) is 14.5 Å². The van der Waals surface area contributed by atoms with Gasteiger partial charge in [-0.05, 0) is 31.2 Å². The topological polar surface area (TPSA) is 93.8 Å². The van der Waals surface area contributed by atoms with E-state index in [0.29, 0.717) is 16.4 Å². The summed E-state index contributed by atoms with van der Waals surface area (Å²) in [4.78, 5) is 19.9. The van der Waals surface area contributed by atoms with Crippen LogP contribution in [-0.4, -0.2) is 36.0 Å². The fourth-order valence-corrected chi connectivity index (χ4v) is 2.88. The van der Waals surface area contributed by atoms with Crippen molar-refractivity contribution in [2.24, 2.45) is 7.05 Å². The van der Waals surface area contributed by atoms with E-state index in [1.165, 1.54) is 0 Å². The zero-order valence-electron chi connectivity index (χ0n) is 12.5. The maximum absolute atomic E-state index is 11.1. The summed E-state index contributed by atoms with van der Waals surface area (Å²) in [6.45, 7) is 1.68. The smallest absolute Gasteiger partial charge is 0.347 e. The Morgan fingerprint density at radius 3 is 2.83 bits per heavy atom. The number of aromatic nitrogens is 5. The van der Waals surface area contributed by atoms with Gasteiger partial charge in [0.25, 0.3) is 0 Å². The summed E-state index contributed by atoms with van der Waals surface area (Å²) in [6, 6.07) is 5.58. The molecule has 0 saturated carbocycles. The average molecular weight is 327 g/mol. The van der Waals surface area contributed by atoms with Crippen molar-refractivity contribution >= 4 is 29.5 Å². The highest BCUT2D eigenvalue weighted by Crippen LogP contribution is 2.23. The van der Waals surface area contributed by atoms with Crippen molar-refractivity contribution < 1.29 is 9.90 Å². The third-order valence-corrected chi connectivity index (χ3v) is 4.28. The number of carboxylic acids is 1. The Labute approximate surface area is 136 Å². The van der Waals surface area contributed by atoms with E-state index in [0.717, 1.165) is 22.7 Å². The maximum Gasteiger partial charge on any atom is 0.347 e. The van der Waals surface area contributed by atoms with E-state index in [9.17, 15) is 4.79 Å². The van der Waals surface area contributed by atoms with Gasteiger partial charge in [-0.1, -0.05) is 11.3 Å². The first-order valence-corrected chi connectivity index (χ1v) is 7.58. The molecule has 0 aromatic carbocycles. The Morgan fingerprint density at radius 2 is 2.17 bits per heavy atom. The first kappa shape index (κ1) is 15.0. The molecule has 0 aliphatic carbocycles. The van der Waals surface area contributed by atoms with Crippen LogP contribution in [0.4, 0.5) is 0 Å². The monoisotopic (exact) mass is 327 g/mol. The van der Waals surface area contributed by atoms with Crippen LogP contribution in [0.1, 0.15) is 26.1 Å². The minimum Gasteiger partial charge on any atom is -0.477 e. The highest BCUT2D eigenvalue weighted by molar-refractivity contribution is 7.14. The van der Waals surface area contributed by atoms with Crippen LogP contribution in [0.15, 0.2) is 24.4 Å². The van der Waals surface area contributed by atoms with Crippen molar-refractivity contribution in [3.8, 4) is 11.4 Å². The third kappa shape index (κ3) is 3.02. The van der Waals surface area contributed by atoms with Crippen LogP contribution in [0.2, 0.25) is 0 Å². The second kappa shape index (κ2) is 6.09. The van der Waals surface area contributed by atoms with Gasteiger partial charge in [0.05, 0.1) is 17.1 Å². The maximum atomic E-state index is 11.1. The largest absolute Gasteiger partial charge is 0.477 e. The fourth-order valence-electron chi connectivity index (χ4n) is 2.07. The zero-order chi connectivity index (χ0) is 16.4. The van der Waals surface area contributed by atoms with E-state index >= 15 is 0 Å². The number of hydrogen-bond acceptors (Lipinski definition) is 6. The molecule has 1 N–H and O–H groups in total. The van der Waals surface area contributed by atoms with Crippen molar-refractivity contribution in [3.63, 3.8) is 0 Å². The Kier molecular flexibility index (Phi) is 3.98. The molecule has 0 atom stereocenters. The molecule has 0 bridgehead atoms. The molecular weight excluding hydrogens is 314 g/mol. The van der Waals surface area contributed by atoms with Crippen molar-refractivity contribution in [1.82, 2.24) is 25.0 Å². The van der Waals surface area contributed by atoms with Crippen LogP contribution in [0.25, 0.3) is 23.5 Å². The summed E-state index contributed by atoms with van der Waals surface area (Å²) in [6.07, 6.45) is 5.27. The number of carbonyl (C=O) groups is 1. The predicted molar refractivity (Wildman–Crippen MR) is 87.0 cm³/mol. The van der Waals surface area contributed by atoms with Gasteiger partial charge in [0.2, 0.25) is 0 Å². The van der Waals surface area contributed by atoms with Crippen molar-refractivity contribution in [3.05, 3.63) is 45.7 Å². The van der Waals surface area contributed by atoms with Gasteiger partial charge in [0.1, 0.15) is 15.6 Å². The Hall–Kier alpha value is -2.87. The number of thiazole rings is 1. The number of rotatable bonds is 4. The van der Waals surface area contributed by atoms with Gasteiger partial charge in [0.15, 0.2) is 0 Å². The normalized spacial score (nSPS) is 11.2. The van der Waals surface area contributed by atoms with Crippen LogP contribution in [0.5, 0.6) is 0 Å². The van der Waals surface area contributed by atoms with Crippen LogP contribution < -0.4 is 0 Å². The molecule has 3 rings (SSSR count). The van der Waals surface area contributed by atoms with Crippen molar-refractivity contribution in [2.75, 3.05) is 0 Å². The van der Waals surface area contributed by atoms with E-state index < -0.39 is 5.97 Å². The first-order chi connectivity index (χ1) is 11.1. The molecule has 8 heteroatoms. The predicted octanol–water partition coefficient (Wildman–Crippen LogP) is 2.51. The first-order valence-electron chi connectivity index (χ1n) is 6.76. The van der Waals surface area contributed by atoms with Gasteiger partial charge >= 0.3 is 5.97 Å². The molecule has 0 spiro atoms. The van der Waals surface area contributed by atoms with E-state index in [2.05, 4.69) is 20.3 Å². The van der Waals surface area contributed by atoms with Crippen molar-refractivity contribution in [2.45, 2.75) is 6.92 Å². The number of pyridine rings is 1. The SMILES string of the molecule is Cc1nc(/C=C/c2c(-c3ccccn3)nnn2C)sc1C(=O)O. The number of aromatic carboxylic acids is 1. The lowest BCUT2D eigenvalue weighted by atomic mass is 10.2. The molecule has 7 nitrogen and oxygen atoms in total. The quantitative estimate of drug-likeness (QED) is 0.791. The summed E-state index contributed by atoms with van der Waals surface area (Å²) in [7, 11) is 1.79. The standard InChI is InChI=1S/C15H13N5O2S/c1-9-14(15(21)22)23-12(17-9)7-6-11-13(18-19-20(11)2)10-5-3-4-8-16-10/h3-8H,1-2H3,(H,21,22)/b7-6+. The molecule has 0 radical (unpaired) electrons. The minimum absolute atomic E-state index is 0.248. The molecule has 0 aliphatic rings. The molecule has 0 unspecified atom stereocenters. The Morgan fingerprint density at radius 1 is 1.35 bits per heavy atom. The van der Waals surface area contributed by atoms with E-state index in [4.69, 9.17) is 5.11 Å². The molecular formula is C15H13N5O2S. The molecule has 0 fully saturated rings. The second-order valence-electron chi connectivity index (χ2n) is 4.77. The molecule has 23 heavy (non-hydrogen) atoms. The summed E-state index contributed by atoms with van der Waals surface area (Å²) in [5, 5.41) is 17.9. The summed E-state index contributed by atoms with van der Waals surface area (Å²) >= 11 is 1.13. The zero-order valence-corrected chi connectivity index (χ0v) is 13.3. The van der Waals surface area contributed by atoms with E-state index in [1.807, 2.05) is 24.3 Å². The highest BCUT2D eigenvalue weighted by Gasteiger charge is 2.14. The third-order valence-electron chi connectivity index (χ3n) is 3.17. The molecule has 3 aromatic heterocycles. The minimum atomic E-state index is -0.962. The van der Waals surface area contributed by atoms with E-state index in [-0.39, 0.29) is 4.88 Å². The molecule has 0 amide bonds. The number of aryl methyl sites for hydroxylation is 2. The Balaban J connectivity index is 1.96. The lowest BCUT2D eigenvalue weighted by Crippen LogP contribution is -1.94. The number of carboxylic acid groups (broad SMARTS) is 1. The van der Waals surface area contributed by atoms with Crippen LogP contribution >= 0.6 is 11.3 Å². The van der Waals surface area contributed by atoms with Gasteiger partial charge in [-0.3, -0.25) is 4.98 Å². The lowest BCUT2D eigenvalue weighted by Gasteiger charge is -1.98. The average Bonchev–Trinajstić information content (AvgIpc) is 3.09. The lowest BCUT2D eigenvalue weighted by molar-refractivity contribution is 0.0701. The van der Waals surface area contributed by atoms with Crippen molar-refractivity contribution in [1.29, 1.82) is 0 Å². The summed E-state index contributed by atoms with van der Waals surface area (Å²) in [5.41, 5.74) is 2.67. The summed E-state index contributed by atoms with van der Waals surface area (Å²) < 4.78 is 1.64. The van der Waals surface area contributed by atoms with Gasteiger partial charge in [-0.2, -0.15) is 0 Å². The number of hydrogen-bond donors (Lipinski definition) is 1. The van der Waals surface area contributed by atoms with Gasteiger partial charge in [-0.15, -0.1) is 16.4 Å². The molecule has 0 saturated heterocycles. The van der Waals surface area contributed by atoms with E-state index in [1.54, 1.807) is 30.9 Å². The van der Waals surface area contributed by atoms with Crippen LogP contribution in [0, 0.1) is 6.92 Å². The molecule has 0 aliphatic heterocycles. The van der Waals surface area contributed by atoms with Crippen LogP contribution in [0.3, 0.4) is 0 Å². The molecule has 116 valence electrons. The van der Waals surface area contributed by atoms with Gasteiger partial charge in [0, 0.05) is 13.2 Å². The molecule has 3 heterocycles. The van der Waals surface area contributed by atoms with Crippen LogP contribution in [-0.2, 0) is 7.05 Å².